The summed E-state index contributed by atoms with van der Waals surface area (Å²) >= 11 is 0. The van der Waals surface area contributed by atoms with Crippen LogP contribution in [0, 0.1) is 0 Å². The van der Waals surface area contributed by atoms with Crippen LogP contribution in [0.15, 0.2) is 4.99 Å². The highest BCUT2D eigenvalue weighted by Gasteiger charge is 2.27. The minimum atomic E-state index is -0.472. The SMILES string of the molecule is CCNC(=NCCCCN1CCOCC1)N1CCC(NC(=O)OC(C)(C)C)C1. The maximum absolute atomic E-state index is 12.0. The summed E-state index contributed by atoms with van der Waals surface area (Å²) < 4.78 is 10.7. The molecule has 0 bridgehead atoms. The Bertz CT molecular complexity index is 501. The van der Waals surface area contributed by atoms with Gasteiger partial charge in [-0.1, -0.05) is 0 Å². The van der Waals surface area contributed by atoms with Gasteiger partial charge in [-0.3, -0.25) is 9.89 Å². The van der Waals surface area contributed by atoms with Gasteiger partial charge in [-0.15, -0.1) is 0 Å². The zero-order valence-electron chi connectivity index (χ0n) is 18.1. The first-order valence-electron chi connectivity index (χ1n) is 10.7. The molecule has 2 N–H and O–H groups in total. The van der Waals surface area contributed by atoms with E-state index in [9.17, 15) is 4.79 Å². The van der Waals surface area contributed by atoms with Crippen LogP contribution < -0.4 is 10.6 Å². The van der Waals surface area contributed by atoms with Crippen LogP contribution in [0.25, 0.3) is 0 Å². The molecule has 8 heteroatoms. The molecular formula is C20H39N5O3. The number of ether oxygens (including phenoxy) is 2. The number of aliphatic imine (C=N–C) groups is 1. The molecule has 162 valence electrons. The Labute approximate surface area is 170 Å². The predicted octanol–water partition coefficient (Wildman–Crippen LogP) is 1.66. The number of carbonyl (C=O) groups excluding carboxylic acids is 1. The molecule has 2 rings (SSSR count). The van der Waals surface area contributed by atoms with Crippen molar-refractivity contribution >= 4 is 12.1 Å². The smallest absolute Gasteiger partial charge is 0.407 e. The summed E-state index contributed by atoms with van der Waals surface area (Å²) in [4.78, 5) is 21.5. The third-order valence-corrected chi connectivity index (χ3v) is 4.79. The van der Waals surface area contributed by atoms with E-state index >= 15 is 0 Å². The van der Waals surface area contributed by atoms with Crippen LogP contribution in [0.4, 0.5) is 4.79 Å². The van der Waals surface area contributed by atoms with E-state index in [2.05, 4.69) is 27.4 Å². The Morgan fingerprint density at radius 3 is 2.64 bits per heavy atom. The van der Waals surface area contributed by atoms with Crippen molar-refractivity contribution in [3.05, 3.63) is 0 Å². The van der Waals surface area contributed by atoms with E-state index in [1.165, 1.54) is 0 Å². The normalized spacial score (nSPS) is 21.6. The van der Waals surface area contributed by atoms with Gasteiger partial charge in [-0.25, -0.2) is 4.79 Å². The lowest BCUT2D eigenvalue weighted by Gasteiger charge is -2.26. The summed E-state index contributed by atoms with van der Waals surface area (Å²) in [7, 11) is 0. The highest BCUT2D eigenvalue weighted by atomic mass is 16.6. The van der Waals surface area contributed by atoms with Gasteiger partial charge in [0.25, 0.3) is 0 Å². The summed E-state index contributed by atoms with van der Waals surface area (Å²) in [6.45, 7) is 16.0. The van der Waals surface area contributed by atoms with Crippen LogP contribution in [0.3, 0.4) is 0 Å². The highest BCUT2D eigenvalue weighted by Crippen LogP contribution is 2.12. The van der Waals surface area contributed by atoms with Crippen LogP contribution in [0.2, 0.25) is 0 Å². The summed E-state index contributed by atoms with van der Waals surface area (Å²) in [5.74, 6) is 0.947. The third-order valence-electron chi connectivity index (χ3n) is 4.79. The van der Waals surface area contributed by atoms with Crippen LogP contribution in [0.1, 0.15) is 47.0 Å². The maximum Gasteiger partial charge on any atom is 0.407 e. The predicted molar refractivity (Wildman–Crippen MR) is 112 cm³/mol. The van der Waals surface area contributed by atoms with E-state index in [1.54, 1.807) is 0 Å². The lowest BCUT2D eigenvalue weighted by Crippen LogP contribution is -2.44. The first kappa shape index (κ1) is 22.7. The Kier molecular flexibility index (Phi) is 9.31. The van der Waals surface area contributed by atoms with Crippen LogP contribution in [-0.4, -0.2) is 92.5 Å². The molecule has 0 aromatic heterocycles. The van der Waals surface area contributed by atoms with E-state index in [0.29, 0.717) is 0 Å². The summed E-state index contributed by atoms with van der Waals surface area (Å²) in [5.41, 5.74) is -0.472. The molecule has 2 aliphatic rings. The van der Waals surface area contributed by atoms with Gasteiger partial charge < -0.3 is 25.0 Å². The molecule has 2 saturated heterocycles. The molecule has 1 unspecified atom stereocenters. The number of nitrogens with zero attached hydrogens (tertiary/aromatic N) is 3. The average molecular weight is 398 g/mol. The Hall–Kier alpha value is -1.54. The number of rotatable bonds is 7. The Balaban J connectivity index is 1.71. The van der Waals surface area contributed by atoms with Crippen molar-refractivity contribution in [3.8, 4) is 0 Å². The maximum atomic E-state index is 12.0. The van der Waals surface area contributed by atoms with Gasteiger partial charge in [0.15, 0.2) is 5.96 Å². The van der Waals surface area contributed by atoms with Crippen LogP contribution >= 0.6 is 0 Å². The minimum Gasteiger partial charge on any atom is -0.444 e. The number of morpholine rings is 1. The number of carbonyl (C=O) groups is 1. The molecule has 0 saturated carbocycles. The first-order chi connectivity index (χ1) is 13.4. The van der Waals surface area contributed by atoms with Gasteiger partial charge in [0.05, 0.1) is 19.3 Å². The fourth-order valence-corrected chi connectivity index (χ4v) is 3.43. The molecule has 0 aromatic rings. The molecule has 0 aromatic carbocycles. The Morgan fingerprint density at radius 1 is 1.21 bits per heavy atom. The molecule has 2 fully saturated rings. The molecule has 0 radical (unpaired) electrons. The van der Waals surface area contributed by atoms with Gasteiger partial charge in [-0.05, 0) is 53.5 Å². The van der Waals surface area contributed by atoms with E-state index < -0.39 is 5.60 Å². The largest absolute Gasteiger partial charge is 0.444 e. The number of guanidine groups is 1. The zero-order chi connectivity index (χ0) is 20.4. The van der Waals surface area contributed by atoms with Crippen molar-refractivity contribution in [2.24, 2.45) is 4.99 Å². The number of unbranched alkanes of at least 4 members (excludes halogenated alkanes) is 1. The van der Waals surface area contributed by atoms with Crippen molar-refractivity contribution in [3.63, 3.8) is 0 Å². The molecule has 2 heterocycles. The standard InChI is InChI=1S/C20H39N5O3/c1-5-21-18(22-9-6-7-10-24-12-14-27-15-13-24)25-11-8-17(16-25)23-19(26)28-20(2,3)4/h17H,5-16H2,1-4H3,(H,21,22)(H,23,26). The second-order valence-corrected chi connectivity index (χ2v) is 8.47. The lowest BCUT2D eigenvalue weighted by molar-refractivity contribution is 0.0373. The monoisotopic (exact) mass is 397 g/mol. The number of amides is 1. The van der Waals surface area contributed by atoms with Crippen molar-refractivity contribution in [1.82, 2.24) is 20.4 Å². The molecule has 2 aliphatic heterocycles. The lowest BCUT2D eigenvalue weighted by atomic mass is 10.2. The van der Waals surface area contributed by atoms with Crippen LogP contribution in [-0.2, 0) is 9.47 Å². The minimum absolute atomic E-state index is 0.0972. The fraction of sp³-hybridized carbons (Fsp3) is 0.900. The van der Waals surface area contributed by atoms with Crippen LogP contribution in [0.5, 0.6) is 0 Å². The third kappa shape index (κ3) is 8.65. The van der Waals surface area contributed by atoms with Gasteiger partial charge in [0.2, 0.25) is 0 Å². The number of hydrogen-bond acceptors (Lipinski definition) is 5. The number of likely N-dealkylation sites (tertiary alicyclic amines) is 1. The van der Waals surface area contributed by atoms with E-state index in [4.69, 9.17) is 14.5 Å². The molecule has 1 amide bonds. The number of hydrogen-bond donors (Lipinski definition) is 2. The molecule has 0 aliphatic carbocycles. The van der Waals surface area contributed by atoms with Gasteiger partial charge in [0.1, 0.15) is 5.60 Å². The van der Waals surface area contributed by atoms with Crippen molar-refractivity contribution in [1.29, 1.82) is 0 Å². The number of alkyl carbamates (subject to hydrolysis) is 1. The topological polar surface area (TPSA) is 78.4 Å². The molecule has 8 nitrogen and oxygen atoms in total. The number of nitrogens with one attached hydrogen (secondary N) is 2. The van der Waals surface area contributed by atoms with E-state index in [0.717, 1.165) is 84.2 Å². The van der Waals surface area contributed by atoms with Gasteiger partial charge in [0, 0.05) is 39.3 Å². The molecular weight excluding hydrogens is 358 g/mol. The average Bonchev–Trinajstić information content (AvgIpc) is 3.08. The van der Waals surface area contributed by atoms with E-state index in [-0.39, 0.29) is 12.1 Å². The van der Waals surface area contributed by atoms with Gasteiger partial charge in [-0.2, -0.15) is 0 Å². The highest BCUT2D eigenvalue weighted by molar-refractivity contribution is 5.80. The van der Waals surface area contributed by atoms with Crippen molar-refractivity contribution in [2.75, 3.05) is 59.0 Å². The fourth-order valence-electron chi connectivity index (χ4n) is 3.43. The Morgan fingerprint density at radius 2 is 1.96 bits per heavy atom. The second kappa shape index (κ2) is 11.5. The van der Waals surface area contributed by atoms with Crippen molar-refractivity contribution in [2.45, 2.75) is 58.6 Å². The molecule has 0 spiro atoms. The second-order valence-electron chi connectivity index (χ2n) is 8.47. The summed E-state index contributed by atoms with van der Waals surface area (Å²) in [6.07, 6.45) is 2.80. The zero-order valence-corrected chi connectivity index (χ0v) is 18.1. The first-order valence-corrected chi connectivity index (χ1v) is 10.7. The summed E-state index contributed by atoms with van der Waals surface area (Å²) in [6, 6.07) is 0.0972. The van der Waals surface area contributed by atoms with Crippen molar-refractivity contribution < 1.29 is 14.3 Å². The van der Waals surface area contributed by atoms with Gasteiger partial charge >= 0.3 is 6.09 Å². The quantitative estimate of drug-likeness (QED) is 0.386. The summed E-state index contributed by atoms with van der Waals surface area (Å²) in [5, 5.41) is 6.36. The molecule has 1 atom stereocenters. The molecule has 28 heavy (non-hydrogen) atoms. The van der Waals surface area contributed by atoms with E-state index in [1.807, 2.05) is 20.8 Å².